The molecule has 4 N–H and O–H groups in total. The third kappa shape index (κ3) is 1.75. The standard InChI is InChI=1S/C7H9F2N3/c8-4-1-5(9)7(12-3-4)6(11)2-10/h1,3,6H,2,10-11H2. The van der Waals surface area contributed by atoms with Crippen LogP contribution in [0.5, 0.6) is 0 Å². The molecule has 0 aliphatic rings. The van der Waals surface area contributed by atoms with Crippen LogP contribution in [0.2, 0.25) is 0 Å². The van der Waals surface area contributed by atoms with Crippen LogP contribution in [-0.2, 0) is 0 Å². The molecule has 0 amide bonds. The Morgan fingerprint density at radius 1 is 1.50 bits per heavy atom. The monoisotopic (exact) mass is 173 g/mol. The van der Waals surface area contributed by atoms with E-state index in [1.807, 2.05) is 0 Å². The first-order chi connectivity index (χ1) is 5.65. The summed E-state index contributed by atoms with van der Waals surface area (Å²) in [5.41, 5.74) is 10.6. The van der Waals surface area contributed by atoms with Gasteiger partial charge in [-0.05, 0) is 0 Å². The van der Waals surface area contributed by atoms with Crippen molar-refractivity contribution >= 4 is 0 Å². The Labute approximate surface area is 68.4 Å². The molecule has 0 radical (unpaired) electrons. The molecule has 0 aliphatic heterocycles. The van der Waals surface area contributed by atoms with Crippen molar-refractivity contribution in [3.63, 3.8) is 0 Å². The summed E-state index contributed by atoms with van der Waals surface area (Å²) in [7, 11) is 0. The van der Waals surface area contributed by atoms with Gasteiger partial charge in [-0.2, -0.15) is 0 Å². The van der Waals surface area contributed by atoms with Crippen molar-refractivity contribution in [2.45, 2.75) is 6.04 Å². The minimum Gasteiger partial charge on any atom is -0.329 e. The molecule has 1 heterocycles. The lowest BCUT2D eigenvalue weighted by atomic mass is 10.2. The molecule has 1 aromatic heterocycles. The van der Waals surface area contributed by atoms with Crippen molar-refractivity contribution in [3.8, 4) is 0 Å². The van der Waals surface area contributed by atoms with Crippen molar-refractivity contribution in [2.24, 2.45) is 11.5 Å². The van der Waals surface area contributed by atoms with Gasteiger partial charge in [0.25, 0.3) is 0 Å². The van der Waals surface area contributed by atoms with Crippen LogP contribution in [0.25, 0.3) is 0 Å². The van der Waals surface area contributed by atoms with E-state index >= 15 is 0 Å². The summed E-state index contributed by atoms with van der Waals surface area (Å²) in [4.78, 5) is 3.49. The maximum Gasteiger partial charge on any atom is 0.149 e. The maximum absolute atomic E-state index is 12.8. The molecule has 66 valence electrons. The number of rotatable bonds is 2. The summed E-state index contributed by atoms with van der Waals surface area (Å²) in [5.74, 6) is -1.48. The first-order valence-electron chi connectivity index (χ1n) is 3.41. The van der Waals surface area contributed by atoms with Crippen LogP contribution < -0.4 is 11.5 Å². The van der Waals surface area contributed by atoms with Gasteiger partial charge in [0.2, 0.25) is 0 Å². The van der Waals surface area contributed by atoms with Gasteiger partial charge in [0.15, 0.2) is 0 Å². The highest BCUT2D eigenvalue weighted by Gasteiger charge is 2.11. The fourth-order valence-corrected chi connectivity index (χ4v) is 0.810. The second kappa shape index (κ2) is 3.55. The summed E-state index contributed by atoms with van der Waals surface area (Å²) in [6, 6.07) is 0.0586. The summed E-state index contributed by atoms with van der Waals surface area (Å²) in [6.07, 6.45) is 0.911. The zero-order chi connectivity index (χ0) is 9.14. The number of nitrogens with zero attached hydrogens (tertiary/aromatic N) is 1. The quantitative estimate of drug-likeness (QED) is 0.676. The molecular weight excluding hydrogens is 164 g/mol. The van der Waals surface area contributed by atoms with Gasteiger partial charge in [0.1, 0.15) is 11.6 Å². The van der Waals surface area contributed by atoms with E-state index in [9.17, 15) is 8.78 Å². The number of halogens is 2. The van der Waals surface area contributed by atoms with Crippen LogP contribution in [0.15, 0.2) is 12.3 Å². The molecule has 0 spiro atoms. The molecule has 0 saturated carbocycles. The van der Waals surface area contributed by atoms with Crippen LogP contribution in [0, 0.1) is 11.6 Å². The second-order valence-electron chi connectivity index (χ2n) is 2.36. The van der Waals surface area contributed by atoms with Crippen LogP contribution in [0.1, 0.15) is 11.7 Å². The third-order valence-corrected chi connectivity index (χ3v) is 1.44. The Kier molecular flexibility index (Phi) is 2.67. The molecule has 3 nitrogen and oxygen atoms in total. The van der Waals surface area contributed by atoms with E-state index in [2.05, 4.69) is 4.98 Å². The normalized spacial score (nSPS) is 13.0. The third-order valence-electron chi connectivity index (χ3n) is 1.44. The van der Waals surface area contributed by atoms with Crippen molar-refractivity contribution in [1.29, 1.82) is 0 Å². The van der Waals surface area contributed by atoms with Gasteiger partial charge in [-0.1, -0.05) is 0 Å². The van der Waals surface area contributed by atoms with Crippen LogP contribution in [0.4, 0.5) is 8.78 Å². The molecular formula is C7H9F2N3. The molecule has 1 atom stereocenters. The number of aromatic nitrogens is 1. The van der Waals surface area contributed by atoms with Crippen molar-refractivity contribution in [3.05, 3.63) is 29.6 Å². The molecule has 1 rings (SSSR count). The number of hydrogen-bond acceptors (Lipinski definition) is 3. The van der Waals surface area contributed by atoms with Crippen molar-refractivity contribution < 1.29 is 8.78 Å². The Bertz CT molecular complexity index is 277. The maximum atomic E-state index is 12.8. The topological polar surface area (TPSA) is 64.9 Å². The van der Waals surface area contributed by atoms with Gasteiger partial charge in [0, 0.05) is 12.6 Å². The van der Waals surface area contributed by atoms with E-state index in [1.54, 1.807) is 0 Å². The van der Waals surface area contributed by atoms with Gasteiger partial charge in [-0.3, -0.25) is 4.98 Å². The zero-order valence-electron chi connectivity index (χ0n) is 6.30. The highest BCUT2D eigenvalue weighted by atomic mass is 19.1. The predicted molar refractivity (Wildman–Crippen MR) is 40.1 cm³/mol. The Morgan fingerprint density at radius 3 is 2.67 bits per heavy atom. The second-order valence-corrected chi connectivity index (χ2v) is 2.36. The van der Waals surface area contributed by atoms with Crippen molar-refractivity contribution in [2.75, 3.05) is 6.54 Å². The largest absolute Gasteiger partial charge is 0.329 e. The summed E-state index contributed by atoms with van der Waals surface area (Å²) >= 11 is 0. The van der Waals surface area contributed by atoms with E-state index in [-0.39, 0.29) is 12.2 Å². The molecule has 0 aromatic carbocycles. The lowest BCUT2D eigenvalue weighted by Crippen LogP contribution is -2.23. The fraction of sp³-hybridized carbons (Fsp3) is 0.286. The molecule has 0 aliphatic carbocycles. The smallest absolute Gasteiger partial charge is 0.149 e. The number of pyridine rings is 1. The summed E-state index contributed by atoms with van der Waals surface area (Å²) in [6.45, 7) is 0.0789. The van der Waals surface area contributed by atoms with Gasteiger partial charge >= 0.3 is 0 Å². The van der Waals surface area contributed by atoms with Gasteiger partial charge in [0.05, 0.1) is 17.9 Å². The Hall–Kier alpha value is -1.07. The summed E-state index contributed by atoms with van der Waals surface area (Å²) < 4.78 is 25.2. The SMILES string of the molecule is NCC(N)c1ncc(F)cc1F. The van der Waals surface area contributed by atoms with Crippen LogP contribution in [0.3, 0.4) is 0 Å². The number of hydrogen-bond donors (Lipinski definition) is 2. The molecule has 5 heteroatoms. The Balaban J connectivity index is 3.01. The van der Waals surface area contributed by atoms with Gasteiger partial charge in [-0.15, -0.1) is 0 Å². The first-order valence-corrected chi connectivity index (χ1v) is 3.41. The molecule has 0 bridgehead atoms. The molecule has 1 aromatic rings. The average molecular weight is 173 g/mol. The van der Waals surface area contributed by atoms with E-state index in [1.165, 1.54) is 0 Å². The van der Waals surface area contributed by atoms with Crippen molar-refractivity contribution in [1.82, 2.24) is 4.98 Å². The lowest BCUT2D eigenvalue weighted by Gasteiger charge is -2.07. The van der Waals surface area contributed by atoms with Gasteiger partial charge < -0.3 is 11.5 Å². The summed E-state index contributed by atoms with van der Waals surface area (Å²) in [5, 5.41) is 0. The molecule has 0 fully saturated rings. The molecule has 1 unspecified atom stereocenters. The first kappa shape index (κ1) is 9.02. The molecule has 0 saturated heterocycles. The van der Waals surface area contributed by atoms with Crippen LogP contribution in [-0.4, -0.2) is 11.5 Å². The zero-order valence-corrected chi connectivity index (χ0v) is 6.30. The minimum absolute atomic E-state index is 0.00102. The number of nitrogens with two attached hydrogens (primary N) is 2. The van der Waals surface area contributed by atoms with E-state index in [0.29, 0.717) is 0 Å². The highest BCUT2D eigenvalue weighted by molar-refractivity contribution is 5.12. The molecule has 12 heavy (non-hydrogen) atoms. The van der Waals surface area contributed by atoms with Crippen LogP contribution >= 0.6 is 0 Å². The highest BCUT2D eigenvalue weighted by Crippen LogP contribution is 2.11. The Morgan fingerprint density at radius 2 is 2.17 bits per heavy atom. The van der Waals surface area contributed by atoms with E-state index < -0.39 is 17.7 Å². The predicted octanol–water partition coefficient (Wildman–Crippen LogP) is 0.318. The fourth-order valence-electron chi connectivity index (χ4n) is 0.810. The lowest BCUT2D eigenvalue weighted by molar-refractivity contribution is 0.538. The van der Waals surface area contributed by atoms with Gasteiger partial charge in [-0.25, -0.2) is 8.78 Å². The van der Waals surface area contributed by atoms with E-state index in [4.69, 9.17) is 11.5 Å². The minimum atomic E-state index is -0.757. The van der Waals surface area contributed by atoms with E-state index in [0.717, 1.165) is 12.3 Å². The average Bonchev–Trinajstić information content (AvgIpc) is 2.03.